The molecule has 0 unspecified atom stereocenters. The van der Waals surface area contributed by atoms with Crippen molar-refractivity contribution in [1.29, 1.82) is 0 Å². The van der Waals surface area contributed by atoms with Crippen LogP contribution in [0.15, 0.2) is 18.2 Å². The monoisotopic (exact) mass is 324 g/mol. The van der Waals surface area contributed by atoms with Crippen molar-refractivity contribution in [3.05, 3.63) is 29.8 Å². The topological polar surface area (TPSA) is 49.4 Å². The number of hydrogen-bond acceptors (Lipinski definition) is 2. The van der Waals surface area contributed by atoms with Crippen LogP contribution in [0, 0.1) is 11.6 Å². The predicted molar refractivity (Wildman–Crippen MR) is 84.0 cm³/mol. The normalized spacial score (nSPS) is 15.3. The molecule has 1 N–H and O–H groups in total. The summed E-state index contributed by atoms with van der Waals surface area (Å²) in [6.45, 7) is 1.36. The van der Waals surface area contributed by atoms with Gasteiger partial charge < -0.3 is 10.2 Å². The third-order valence-corrected chi connectivity index (χ3v) is 4.11. The number of nitrogens with one attached hydrogen (secondary N) is 1. The summed E-state index contributed by atoms with van der Waals surface area (Å²) in [4.78, 5) is 24.9. The maximum Gasteiger partial charge on any atom is 0.223 e. The van der Waals surface area contributed by atoms with Gasteiger partial charge in [-0.15, -0.1) is 0 Å². The van der Waals surface area contributed by atoms with E-state index in [1.54, 1.807) is 0 Å². The van der Waals surface area contributed by atoms with Gasteiger partial charge in [-0.3, -0.25) is 9.59 Å². The summed E-state index contributed by atoms with van der Waals surface area (Å²) in [7, 11) is 0. The quantitative estimate of drug-likeness (QED) is 0.904. The molecule has 23 heavy (non-hydrogen) atoms. The Morgan fingerprint density at radius 3 is 2.52 bits per heavy atom. The molecule has 0 radical (unpaired) electrons. The Bertz CT molecular complexity index is 572. The van der Waals surface area contributed by atoms with Crippen molar-refractivity contribution in [3.63, 3.8) is 0 Å². The van der Waals surface area contributed by atoms with Gasteiger partial charge in [-0.2, -0.15) is 0 Å². The minimum atomic E-state index is -0.812. The van der Waals surface area contributed by atoms with Crippen LogP contribution in [0.3, 0.4) is 0 Å². The van der Waals surface area contributed by atoms with Crippen molar-refractivity contribution in [1.82, 2.24) is 5.32 Å². The first-order valence-corrected chi connectivity index (χ1v) is 8.00. The lowest BCUT2D eigenvalue weighted by Crippen LogP contribution is -2.39. The van der Waals surface area contributed by atoms with Gasteiger partial charge in [-0.1, -0.05) is 19.3 Å². The van der Waals surface area contributed by atoms with Crippen molar-refractivity contribution >= 4 is 17.5 Å². The lowest BCUT2D eigenvalue weighted by molar-refractivity contribution is -0.121. The molecular formula is C17H22F2N2O2. The smallest absolute Gasteiger partial charge is 0.223 e. The summed E-state index contributed by atoms with van der Waals surface area (Å²) >= 11 is 0. The van der Waals surface area contributed by atoms with Crippen molar-refractivity contribution in [2.24, 2.45) is 0 Å². The second-order valence-electron chi connectivity index (χ2n) is 5.92. The maximum absolute atomic E-state index is 13.8. The maximum atomic E-state index is 13.8. The Morgan fingerprint density at radius 2 is 1.91 bits per heavy atom. The summed E-state index contributed by atoms with van der Waals surface area (Å²) in [5, 5.41) is 2.96. The summed E-state index contributed by atoms with van der Waals surface area (Å²) in [6, 6.07) is 3.24. The molecule has 6 heteroatoms. The molecule has 4 nitrogen and oxygen atoms in total. The van der Waals surface area contributed by atoms with Crippen LogP contribution in [0.25, 0.3) is 0 Å². The van der Waals surface area contributed by atoms with E-state index in [-0.39, 0.29) is 36.5 Å². The number of benzene rings is 1. The Morgan fingerprint density at radius 1 is 1.22 bits per heavy atom. The molecule has 126 valence electrons. The highest BCUT2D eigenvalue weighted by atomic mass is 19.1. The van der Waals surface area contributed by atoms with Crippen LogP contribution in [0.4, 0.5) is 14.5 Å². The molecule has 2 rings (SSSR count). The molecule has 1 aliphatic carbocycles. The fraction of sp³-hybridized carbons (Fsp3) is 0.529. The minimum Gasteiger partial charge on any atom is -0.353 e. The second kappa shape index (κ2) is 8.04. The van der Waals surface area contributed by atoms with Crippen LogP contribution in [0.5, 0.6) is 0 Å². The predicted octanol–water partition coefficient (Wildman–Crippen LogP) is 3.16. The average Bonchev–Trinajstić information content (AvgIpc) is 2.50. The van der Waals surface area contributed by atoms with Crippen molar-refractivity contribution < 1.29 is 18.4 Å². The second-order valence-corrected chi connectivity index (χ2v) is 5.92. The Kier molecular flexibility index (Phi) is 6.07. The summed E-state index contributed by atoms with van der Waals surface area (Å²) in [6.07, 6.45) is 5.49. The van der Waals surface area contributed by atoms with Crippen molar-refractivity contribution in [3.8, 4) is 0 Å². The third kappa shape index (κ3) is 5.01. The van der Waals surface area contributed by atoms with Crippen molar-refractivity contribution in [2.75, 3.05) is 11.4 Å². The summed E-state index contributed by atoms with van der Waals surface area (Å²) < 4.78 is 26.8. The number of rotatable bonds is 5. The van der Waals surface area contributed by atoms with Gasteiger partial charge in [0.2, 0.25) is 11.8 Å². The van der Waals surface area contributed by atoms with E-state index in [0.29, 0.717) is 0 Å². The average molecular weight is 324 g/mol. The van der Waals surface area contributed by atoms with E-state index in [4.69, 9.17) is 0 Å². The Balaban J connectivity index is 1.94. The number of carbonyl (C=O) groups excluding carboxylic acids is 2. The van der Waals surface area contributed by atoms with E-state index in [2.05, 4.69) is 5.32 Å². The molecule has 0 spiro atoms. The number of nitrogens with zero attached hydrogens (tertiary/aromatic N) is 1. The highest BCUT2D eigenvalue weighted by Gasteiger charge is 2.19. The summed E-state index contributed by atoms with van der Waals surface area (Å²) in [5.74, 6) is -2.05. The molecule has 0 aromatic heterocycles. The summed E-state index contributed by atoms with van der Waals surface area (Å²) in [5.41, 5.74) is -0.00985. The van der Waals surface area contributed by atoms with Gasteiger partial charge in [-0.25, -0.2) is 8.78 Å². The molecule has 2 amide bonds. The molecule has 0 aliphatic heterocycles. The van der Waals surface area contributed by atoms with Gasteiger partial charge in [0.15, 0.2) is 0 Å². The molecule has 0 saturated heterocycles. The molecule has 0 atom stereocenters. The Labute approximate surface area is 134 Å². The highest BCUT2D eigenvalue weighted by molar-refractivity contribution is 5.92. The van der Waals surface area contributed by atoms with E-state index in [9.17, 15) is 18.4 Å². The zero-order valence-electron chi connectivity index (χ0n) is 13.3. The molecule has 1 aromatic rings. The van der Waals surface area contributed by atoms with E-state index in [1.807, 2.05) is 0 Å². The first-order valence-electron chi connectivity index (χ1n) is 8.00. The molecule has 1 saturated carbocycles. The third-order valence-electron chi connectivity index (χ3n) is 4.11. The van der Waals surface area contributed by atoms with Gasteiger partial charge in [0, 0.05) is 32.0 Å². The largest absolute Gasteiger partial charge is 0.353 e. The Hall–Kier alpha value is -1.98. The van der Waals surface area contributed by atoms with E-state index >= 15 is 0 Å². The number of amides is 2. The van der Waals surface area contributed by atoms with Crippen LogP contribution in [-0.2, 0) is 9.59 Å². The molecule has 1 aromatic carbocycles. The molecule has 1 fully saturated rings. The van der Waals surface area contributed by atoms with Crippen LogP contribution in [0.2, 0.25) is 0 Å². The lowest BCUT2D eigenvalue weighted by Gasteiger charge is -2.24. The van der Waals surface area contributed by atoms with Crippen molar-refractivity contribution in [2.45, 2.75) is 51.5 Å². The number of hydrogen-bond donors (Lipinski definition) is 1. The fourth-order valence-corrected chi connectivity index (χ4v) is 2.91. The molecule has 1 aliphatic rings. The minimum absolute atomic E-state index is 0.00985. The SMILES string of the molecule is CC(=O)N(CCC(=O)NC1CCCCC1)c1ccc(F)cc1F. The van der Waals surface area contributed by atoms with Crippen LogP contribution >= 0.6 is 0 Å². The van der Waals surface area contributed by atoms with Crippen LogP contribution < -0.4 is 10.2 Å². The van der Waals surface area contributed by atoms with Crippen LogP contribution in [-0.4, -0.2) is 24.4 Å². The lowest BCUT2D eigenvalue weighted by atomic mass is 9.95. The zero-order valence-corrected chi connectivity index (χ0v) is 13.3. The zero-order chi connectivity index (χ0) is 16.8. The number of carbonyl (C=O) groups is 2. The van der Waals surface area contributed by atoms with E-state index in [1.165, 1.54) is 19.4 Å². The molecule has 0 bridgehead atoms. The molecular weight excluding hydrogens is 302 g/mol. The van der Waals surface area contributed by atoms with Crippen LogP contribution in [0.1, 0.15) is 45.4 Å². The number of halogens is 2. The van der Waals surface area contributed by atoms with Gasteiger partial charge in [0.05, 0.1) is 5.69 Å². The van der Waals surface area contributed by atoms with Gasteiger partial charge >= 0.3 is 0 Å². The number of anilines is 1. The fourth-order valence-electron chi connectivity index (χ4n) is 2.91. The first kappa shape index (κ1) is 17.4. The van der Waals surface area contributed by atoms with E-state index in [0.717, 1.165) is 42.7 Å². The van der Waals surface area contributed by atoms with Gasteiger partial charge in [0.1, 0.15) is 11.6 Å². The van der Waals surface area contributed by atoms with E-state index < -0.39 is 11.6 Å². The highest BCUT2D eigenvalue weighted by Crippen LogP contribution is 2.21. The van der Waals surface area contributed by atoms with Gasteiger partial charge in [-0.05, 0) is 25.0 Å². The molecule has 0 heterocycles. The first-order chi connectivity index (χ1) is 11.0. The van der Waals surface area contributed by atoms with Gasteiger partial charge in [0.25, 0.3) is 0 Å². The standard InChI is InChI=1S/C17H22F2N2O2/c1-12(22)21(16-8-7-13(18)11-15(16)19)10-9-17(23)20-14-5-3-2-4-6-14/h7-8,11,14H,2-6,9-10H2,1H3,(H,20,23).